The number of aromatic nitrogens is 3. The molecule has 2 heterocycles. The Morgan fingerprint density at radius 3 is 2.89 bits per heavy atom. The number of imidazole rings is 1. The number of hydrogen-bond acceptors (Lipinski definition) is 4. The van der Waals surface area contributed by atoms with Crippen molar-refractivity contribution in [1.29, 1.82) is 0 Å². The van der Waals surface area contributed by atoms with Crippen molar-refractivity contribution >= 4 is 6.29 Å². The number of rotatable bonds is 6. The normalized spacial score (nSPS) is 10.5. The van der Waals surface area contributed by atoms with E-state index in [0.29, 0.717) is 0 Å². The Bertz CT molecular complexity index is 507. The Labute approximate surface area is 106 Å². The molecule has 0 saturated heterocycles. The zero-order valence-corrected chi connectivity index (χ0v) is 10.2. The van der Waals surface area contributed by atoms with Crippen molar-refractivity contribution in [3.63, 3.8) is 0 Å². The summed E-state index contributed by atoms with van der Waals surface area (Å²) in [5.74, 6) is 0.854. The van der Waals surface area contributed by atoms with Crippen LogP contribution in [0.2, 0.25) is 0 Å². The van der Waals surface area contributed by atoms with Gasteiger partial charge in [-0.25, -0.2) is 4.98 Å². The molecule has 2 N–H and O–H groups in total. The van der Waals surface area contributed by atoms with Gasteiger partial charge in [-0.15, -0.1) is 0 Å². The Morgan fingerprint density at radius 2 is 2.17 bits per heavy atom. The molecule has 0 aliphatic rings. The highest BCUT2D eigenvalue weighted by Gasteiger charge is 2.07. The second-order valence-electron chi connectivity index (χ2n) is 3.96. The van der Waals surface area contributed by atoms with Crippen LogP contribution in [0.1, 0.15) is 11.4 Å². The summed E-state index contributed by atoms with van der Waals surface area (Å²) in [5, 5.41) is 2.97. The zero-order chi connectivity index (χ0) is 12.8. The fraction of sp³-hybridized carbons (Fsp3) is 0.308. The molecule has 93 valence electrons. The average molecular weight is 243 g/mol. The first-order valence-electron chi connectivity index (χ1n) is 5.83. The molecule has 5 nitrogen and oxygen atoms in total. The maximum absolute atomic E-state index is 10.1. The molecule has 2 aromatic heterocycles. The molecular weight excluding hydrogens is 228 g/mol. The molecule has 5 heteroatoms. The van der Waals surface area contributed by atoms with Gasteiger partial charge in [0.2, 0.25) is 6.29 Å². The van der Waals surface area contributed by atoms with Gasteiger partial charge < -0.3 is 10.3 Å². The predicted octanol–water partition coefficient (Wildman–Crippen LogP) is 1.02. The SMILES string of the molecule is Cc1[nH]c(-c2ccncc2)nc1CCNC[C]=O. The molecule has 0 aliphatic heterocycles. The molecule has 0 aliphatic carbocycles. The minimum atomic E-state index is 0.265. The van der Waals surface area contributed by atoms with Crippen molar-refractivity contribution in [2.24, 2.45) is 0 Å². The van der Waals surface area contributed by atoms with Crippen molar-refractivity contribution in [3.8, 4) is 11.4 Å². The number of hydrogen-bond donors (Lipinski definition) is 2. The third-order valence-corrected chi connectivity index (χ3v) is 2.68. The molecular formula is C13H15N4O. The lowest BCUT2D eigenvalue weighted by atomic mass is 10.2. The quantitative estimate of drug-likeness (QED) is 0.743. The van der Waals surface area contributed by atoms with Gasteiger partial charge in [-0.3, -0.25) is 9.78 Å². The largest absolute Gasteiger partial charge is 0.342 e. The van der Waals surface area contributed by atoms with E-state index < -0.39 is 0 Å². The molecule has 18 heavy (non-hydrogen) atoms. The monoisotopic (exact) mass is 243 g/mol. The summed E-state index contributed by atoms with van der Waals surface area (Å²) < 4.78 is 0. The number of aromatic amines is 1. The fourth-order valence-electron chi connectivity index (χ4n) is 1.73. The van der Waals surface area contributed by atoms with Crippen LogP contribution in [0.3, 0.4) is 0 Å². The molecule has 0 fully saturated rings. The molecule has 0 spiro atoms. The number of nitrogens with one attached hydrogen (secondary N) is 2. The summed E-state index contributed by atoms with van der Waals surface area (Å²) >= 11 is 0. The van der Waals surface area contributed by atoms with Gasteiger partial charge in [-0.05, 0) is 19.1 Å². The maximum atomic E-state index is 10.1. The first-order chi connectivity index (χ1) is 8.81. The number of aryl methyl sites for hydroxylation is 1. The lowest BCUT2D eigenvalue weighted by molar-refractivity contribution is 0.548. The first kappa shape index (κ1) is 12.4. The minimum Gasteiger partial charge on any atom is -0.342 e. The van der Waals surface area contributed by atoms with Crippen LogP contribution in [0, 0.1) is 6.92 Å². The van der Waals surface area contributed by atoms with Crippen molar-refractivity contribution in [2.75, 3.05) is 13.1 Å². The Morgan fingerprint density at radius 1 is 1.39 bits per heavy atom. The highest BCUT2D eigenvalue weighted by atomic mass is 16.1. The Hall–Kier alpha value is -2.01. The summed E-state index contributed by atoms with van der Waals surface area (Å²) in [6, 6.07) is 3.84. The third-order valence-electron chi connectivity index (χ3n) is 2.68. The van der Waals surface area contributed by atoms with E-state index in [-0.39, 0.29) is 6.54 Å². The molecule has 1 radical (unpaired) electrons. The van der Waals surface area contributed by atoms with Crippen LogP contribution in [0.25, 0.3) is 11.4 Å². The predicted molar refractivity (Wildman–Crippen MR) is 68.8 cm³/mol. The number of H-pyrrole nitrogens is 1. The van der Waals surface area contributed by atoms with Crippen LogP contribution in [0.15, 0.2) is 24.5 Å². The van der Waals surface area contributed by atoms with Crippen LogP contribution in [-0.4, -0.2) is 34.3 Å². The smallest absolute Gasteiger partial charge is 0.213 e. The highest BCUT2D eigenvalue weighted by Crippen LogP contribution is 2.16. The van der Waals surface area contributed by atoms with Gasteiger partial charge in [0.15, 0.2) is 0 Å². The van der Waals surface area contributed by atoms with E-state index >= 15 is 0 Å². The van der Waals surface area contributed by atoms with E-state index in [1.807, 2.05) is 19.1 Å². The Kier molecular flexibility index (Phi) is 4.20. The van der Waals surface area contributed by atoms with Gasteiger partial charge in [0.05, 0.1) is 12.2 Å². The van der Waals surface area contributed by atoms with Crippen LogP contribution < -0.4 is 5.32 Å². The summed E-state index contributed by atoms with van der Waals surface area (Å²) in [5.41, 5.74) is 3.09. The molecule has 2 aromatic rings. The molecule has 0 bridgehead atoms. The second kappa shape index (κ2) is 6.07. The van der Waals surface area contributed by atoms with E-state index in [1.54, 1.807) is 18.7 Å². The van der Waals surface area contributed by atoms with Gasteiger partial charge in [-0.1, -0.05) is 0 Å². The number of pyridine rings is 1. The summed E-state index contributed by atoms with van der Waals surface area (Å²) in [6.07, 6.45) is 6.08. The van der Waals surface area contributed by atoms with Crippen LogP contribution >= 0.6 is 0 Å². The van der Waals surface area contributed by atoms with E-state index in [2.05, 4.69) is 20.3 Å². The lowest BCUT2D eigenvalue weighted by Gasteiger charge is -1.98. The third kappa shape index (κ3) is 3.01. The lowest BCUT2D eigenvalue weighted by Crippen LogP contribution is -2.19. The average Bonchev–Trinajstić information content (AvgIpc) is 2.77. The molecule has 2 rings (SSSR count). The summed E-state index contributed by atoms with van der Waals surface area (Å²) in [6.45, 7) is 2.98. The van der Waals surface area contributed by atoms with Crippen molar-refractivity contribution < 1.29 is 4.79 Å². The highest BCUT2D eigenvalue weighted by molar-refractivity contribution is 5.55. The van der Waals surface area contributed by atoms with Gasteiger partial charge >= 0.3 is 0 Å². The molecule has 0 amide bonds. The Balaban J connectivity index is 2.05. The van der Waals surface area contributed by atoms with Crippen molar-refractivity contribution in [1.82, 2.24) is 20.3 Å². The standard InChI is InChI=1S/C13H15N4O/c1-10-12(4-7-15-8-9-18)17-13(16-10)11-2-5-14-6-3-11/h2-3,5-6,15H,4,7-8H2,1H3,(H,16,17). The fourth-order valence-corrected chi connectivity index (χ4v) is 1.73. The molecule has 0 unspecified atom stereocenters. The molecule has 0 aromatic carbocycles. The maximum Gasteiger partial charge on any atom is 0.213 e. The first-order valence-corrected chi connectivity index (χ1v) is 5.83. The van der Waals surface area contributed by atoms with Crippen molar-refractivity contribution in [2.45, 2.75) is 13.3 Å². The van der Waals surface area contributed by atoms with E-state index in [0.717, 1.165) is 35.7 Å². The van der Waals surface area contributed by atoms with Gasteiger partial charge in [0, 0.05) is 36.6 Å². The van der Waals surface area contributed by atoms with Crippen LogP contribution in [-0.2, 0) is 11.2 Å². The molecule has 0 saturated carbocycles. The zero-order valence-electron chi connectivity index (χ0n) is 10.2. The van der Waals surface area contributed by atoms with Crippen LogP contribution in [0.4, 0.5) is 0 Å². The topological polar surface area (TPSA) is 70.7 Å². The number of carbonyl (C=O) groups excluding carboxylic acids is 1. The second-order valence-corrected chi connectivity index (χ2v) is 3.96. The van der Waals surface area contributed by atoms with E-state index in [1.165, 1.54) is 0 Å². The van der Waals surface area contributed by atoms with Crippen LogP contribution in [0.5, 0.6) is 0 Å². The van der Waals surface area contributed by atoms with Crippen molar-refractivity contribution in [3.05, 3.63) is 35.9 Å². The van der Waals surface area contributed by atoms with Gasteiger partial charge in [0.1, 0.15) is 5.82 Å². The summed E-state index contributed by atoms with van der Waals surface area (Å²) in [4.78, 5) is 21.9. The van der Waals surface area contributed by atoms with Gasteiger partial charge in [0.25, 0.3) is 0 Å². The summed E-state index contributed by atoms with van der Waals surface area (Å²) in [7, 11) is 0. The van der Waals surface area contributed by atoms with E-state index in [9.17, 15) is 4.79 Å². The van der Waals surface area contributed by atoms with Gasteiger partial charge in [-0.2, -0.15) is 0 Å². The van der Waals surface area contributed by atoms with E-state index in [4.69, 9.17) is 0 Å². The molecule has 0 atom stereocenters. The number of nitrogens with zero attached hydrogens (tertiary/aromatic N) is 2. The minimum absolute atomic E-state index is 0.265.